The SMILES string of the molecule is N=C(N)CCCNS(=O)(=O)c1cccc2ccccc12. The third-order valence-electron chi connectivity index (χ3n) is 2.95. The van der Waals surface area contributed by atoms with Crippen molar-refractivity contribution in [3.05, 3.63) is 42.5 Å². The van der Waals surface area contributed by atoms with Gasteiger partial charge in [0.05, 0.1) is 10.7 Å². The van der Waals surface area contributed by atoms with Gasteiger partial charge in [-0.15, -0.1) is 0 Å². The highest BCUT2D eigenvalue weighted by molar-refractivity contribution is 7.89. The van der Waals surface area contributed by atoms with E-state index in [2.05, 4.69) is 4.72 Å². The number of benzene rings is 2. The third-order valence-corrected chi connectivity index (χ3v) is 4.47. The molecule has 0 saturated carbocycles. The molecule has 5 nitrogen and oxygen atoms in total. The van der Waals surface area contributed by atoms with E-state index in [9.17, 15) is 8.42 Å². The molecule has 20 heavy (non-hydrogen) atoms. The molecule has 0 heterocycles. The van der Waals surface area contributed by atoms with Crippen LogP contribution >= 0.6 is 0 Å². The van der Waals surface area contributed by atoms with Crippen molar-refractivity contribution in [3.8, 4) is 0 Å². The van der Waals surface area contributed by atoms with Gasteiger partial charge in [-0.1, -0.05) is 36.4 Å². The van der Waals surface area contributed by atoms with Crippen molar-refractivity contribution < 1.29 is 8.42 Å². The zero-order chi connectivity index (χ0) is 14.6. The molecule has 0 fully saturated rings. The number of nitrogens with two attached hydrogens (primary N) is 1. The van der Waals surface area contributed by atoms with E-state index in [4.69, 9.17) is 11.1 Å². The van der Waals surface area contributed by atoms with Crippen LogP contribution in [0.3, 0.4) is 0 Å². The van der Waals surface area contributed by atoms with Crippen molar-refractivity contribution in [2.75, 3.05) is 6.54 Å². The van der Waals surface area contributed by atoms with Gasteiger partial charge in [0.25, 0.3) is 0 Å². The van der Waals surface area contributed by atoms with Gasteiger partial charge >= 0.3 is 0 Å². The first-order chi connectivity index (χ1) is 9.50. The lowest BCUT2D eigenvalue weighted by atomic mass is 10.1. The van der Waals surface area contributed by atoms with Crippen molar-refractivity contribution in [2.24, 2.45) is 5.73 Å². The Kier molecular flexibility index (Phi) is 4.36. The Balaban J connectivity index is 2.21. The first-order valence-corrected chi connectivity index (χ1v) is 7.79. The fraction of sp³-hybridized carbons (Fsp3) is 0.214. The number of nitrogens with one attached hydrogen (secondary N) is 2. The number of hydrogen-bond donors (Lipinski definition) is 3. The molecular formula is C14H17N3O2S. The fourth-order valence-corrected chi connectivity index (χ4v) is 3.29. The molecule has 0 radical (unpaired) electrons. The standard InChI is InChI=1S/C14H17N3O2S/c15-14(16)9-4-10-17-20(18,19)13-8-3-6-11-5-1-2-7-12(11)13/h1-3,5-8,17H,4,9-10H2,(H3,15,16). The lowest BCUT2D eigenvalue weighted by molar-refractivity contribution is 0.580. The maximum atomic E-state index is 12.3. The largest absolute Gasteiger partial charge is 0.388 e. The van der Waals surface area contributed by atoms with E-state index < -0.39 is 10.0 Å². The summed E-state index contributed by atoms with van der Waals surface area (Å²) < 4.78 is 27.1. The maximum Gasteiger partial charge on any atom is 0.241 e. The van der Waals surface area contributed by atoms with Crippen LogP contribution in [0.25, 0.3) is 10.8 Å². The minimum absolute atomic E-state index is 0.0642. The molecule has 0 aromatic heterocycles. The molecule has 0 unspecified atom stereocenters. The smallest absolute Gasteiger partial charge is 0.241 e. The Labute approximate surface area is 118 Å². The summed E-state index contributed by atoms with van der Waals surface area (Å²) >= 11 is 0. The molecule has 6 heteroatoms. The monoisotopic (exact) mass is 291 g/mol. The molecule has 2 aromatic carbocycles. The summed E-state index contributed by atoms with van der Waals surface area (Å²) in [5, 5.41) is 8.69. The molecule has 0 atom stereocenters. The Morgan fingerprint density at radius 2 is 1.85 bits per heavy atom. The second kappa shape index (κ2) is 6.02. The summed E-state index contributed by atoms with van der Waals surface area (Å²) in [4.78, 5) is 0.276. The van der Waals surface area contributed by atoms with Crippen LogP contribution in [0.1, 0.15) is 12.8 Å². The zero-order valence-electron chi connectivity index (χ0n) is 11.0. The zero-order valence-corrected chi connectivity index (χ0v) is 11.8. The second-order valence-corrected chi connectivity index (χ2v) is 6.24. The van der Waals surface area contributed by atoms with Gasteiger partial charge in [-0.3, -0.25) is 5.41 Å². The summed E-state index contributed by atoms with van der Waals surface area (Å²) in [6.07, 6.45) is 0.900. The Bertz CT molecular complexity index is 721. The summed E-state index contributed by atoms with van der Waals surface area (Å²) in [6.45, 7) is 0.269. The average molecular weight is 291 g/mol. The van der Waals surface area contributed by atoms with Gasteiger partial charge in [0.15, 0.2) is 0 Å². The van der Waals surface area contributed by atoms with Crippen LogP contribution in [-0.2, 0) is 10.0 Å². The van der Waals surface area contributed by atoms with E-state index in [0.717, 1.165) is 5.39 Å². The van der Waals surface area contributed by atoms with Gasteiger partial charge in [0.2, 0.25) is 10.0 Å². The highest BCUT2D eigenvalue weighted by Crippen LogP contribution is 2.22. The summed E-state index contributed by atoms with van der Waals surface area (Å²) in [7, 11) is -3.55. The van der Waals surface area contributed by atoms with Gasteiger partial charge < -0.3 is 5.73 Å². The molecule has 106 valence electrons. The molecular weight excluding hydrogens is 274 g/mol. The molecule has 0 amide bonds. The van der Waals surface area contributed by atoms with Gasteiger partial charge in [-0.05, 0) is 17.9 Å². The van der Waals surface area contributed by atoms with Crippen LogP contribution in [0.15, 0.2) is 47.4 Å². The van der Waals surface area contributed by atoms with Crippen LogP contribution in [-0.4, -0.2) is 20.8 Å². The van der Waals surface area contributed by atoms with Gasteiger partial charge in [0.1, 0.15) is 0 Å². The molecule has 2 aromatic rings. The molecule has 0 bridgehead atoms. The van der Waals surface area contributed by atoms with Gasteiger partial charge in [-0.2, -0.15) is 0 Å². The second-order valence-electron chi connectivity index (χ2n) is 4.50. The third kappa shape index (κ3) is 3.34. The molecule has 0 aliphatic carbocycles. The highest BCUT2D eigenvalue weighted by atomic mass is 32.2. The van der Waals surface area contributed by atoms with Crippen molar-refractivity contribution in [1.82, 2.24) is 4.72 Å². The fourth-order valence-electron chi connectivity index (χ4n) is 1.99. The maximum absolute atomic E-state index is 12.3. The topological polar surface area (TPSA) is 96.0 Å². The summed E-state index contributed by atoms with van der Waals surface area (Å²) in [5.74, 6) is 0.0642. The Morgan fingerprint density at radius 3 is 2.60 bits per heavy atom. The number of fused-ring (bicyclic) bond motifs is 1. The van der Waals surface area contributed by atoms with Crippen LogP contribution in [0.4, 0.5) is 0 Å². The van der Waals surface area contributed by atoms with Gasteiger partial charge in [-0.25, -0.2) is 13.1 Å². The van der Waals surface area contributed by atoms with E-state index in [1.54, 1.807) is 18.2 Å². The minimum Gasteiger partial charge on any atom is -0.388 e. The molecule has 0 saturated heterocycles. The molecule has 0 aliphatic rings. The number of hydrogen-bond acceptors (Lipinski definition) is 3. The van der Waals surface area contributed by atoms with Crippen LogP contribution in [0, 0.1) is 5.41 Å². The first-order valence-electron chi connectivity index (χ1n) is 6.31. The molecule has 0 spiro atoms. The quantitative estimate of drug-likeness (QED) is 0.430. The molecule has 4 N–H and O–H groups in total. The summed E-state index contributed by atoms with van der Waals surface area (Å²) in [6, 6.07) is 12.6. The van der Waals surface area contributed by atoms with E-state index in [1.807, 2.05) is 24.3 Å². The van der Waals surface area contributed by atoms with Crippen molar-refractivity contribution in [1.29, 1.82) is 5.41 Å². The lowest BCUT2D eigenvalue weighted by Gasteiger charge is -2.09. The minimum atomic E-state index is -3.55. The molecule has 0 aliphatic heterocycles. The first kappa shape index (κ1) is 14.5. The number of rotatable bonds is 6. The normalized spacial score (nSPS) is 11.6. The van der Waals surface area contributed by atoms with E-state index in [-0.39, 0.29) is 17.3 Å². The van der Waals surface area contributed by atoms with Crippen molar-refractivity contribution in [3.63, 3.8) is 0 Å². The predicted octanol–water partition coefficient (Wildman–Crippen LogP) is 1.83. The number of sulfonamides is 1. The summed E-state index contributed by atoms with van der Waals surface area (Å²) in [5.41, 5.74) is 5.23. The van der Waals surface area contributed by atoms with Crippen LogP contribution in [0.2, 0.25) is 0 Å². The highest BCUT2D eigenvalue weighted by Gasteiger charge is 2.16. The number of amidine groups is 1. The molecule has 2 rings (SSSR count). The van der Waals surface area contributed by atoms with Crippen molar-refractivity contribution in [2.45, 2.75) is 17.7 Å². The Hall–Kier alpha value is -1.92. The van der Waals surface area contributed by atoms with Crippen LogP contribution < -0.4 is 10.5 Å². The van der Waals surface area contributed by atoms with E-state index >= 15 is 0 Å². The predicted molar refractivity (Wildman–Crippen MR) is 80.3 cm³/mol. The lowest BCUT2D eigenvalue weighted by Crippen LogP contribution is -2.26. The average Bonchev–Trinajstić information content (AvgIpc) is 2.43. The van der Waals surface area contributed by atoms with Gasteiger partial charge in [0, 0.05) is 18.4 Å². The van der Waals surface area contributed by atoms with E-state index in [1.165, 1.54) is 0 Å². The van der Waals surface area contributed by atoms with Crippen LogP contribution in [0.5, 0.6) is 0 Å². The van der Waals surface area contributed by atoms with Crippen molar-refractivity contribution >= 4 is 26.6 Å². The van der Waals surface area contributed by atoms with E-state index in [0.29, 0.717) is 18.2 Å². The Morgan fingerprint density at radius 1 is 1.15 bits per heavy atom.